The van der Waals surface area contributed by atoms with Crippen LogP contribution in [0, 0.1) is 29.8 Å². The van der Waals surface area contributed by atoms with Gasteiger partial charge in [0.25, 0.3) is 0 Å². The first-order valence-electron chi connectivity index (χ1n) is 6.76. The number of nitrogens with zero attached hydrogens (tertiary/aromatic N) is 2. The summed E-state index contributed by atoms with van der Waals surface area (Å²) in [6.07, 6.45) is -6.51. The summed E-state index contributed by atoms with van der Waals surface area (Å²) >= 11 is 5.29. The van der Waals surface area contributed by atoms with E-state index in [0.717, 1.165) is 0 Å². The predicted octanol–water partition coefficient (Wildman–Crippen LogP) is -0.321. The second kappa shape index (κ2) is 6.42. The van der Waals surface area contributed by atoms with E-state index < -0.39 is 37.3 Å². The lowest BCUT2D eigenvalue weighted by atomic mass is 9.98. The minimum Gasteiger partial charge on any atom is -0.394 e. The fourth-order valence-corrected chi connectivity index (χ4v) is 3.11. The summed E-state index contributed by atoms with van der Waals surface area (Å²) in [5.41, 5.74) is 1.61. The van der Waals surface area contributed by atoms with Crippen LogP contribution in [0.1, 0.15) is 23.0 Å². The summed E-state index contributed by atoms with van der Waals surface area (Å²) in [7, 11) is 0. The molecule has 8 heteroatoms. The summed E-state index contributed by atoms with van der Waals surface area (Å²) in [4.78, 5) is 0. The molecule has 1 aromatic rings. The van der Waals surface area contributed by atoms with Crippen LogP contribution in [0.5, 0.6) is 0 Å². The van der Waals surface area contributed by atoms with Crippen LogP contribution in [0.15, 0.2) is 6.07 Å². The molecule has 2 rings (SSSR count). The SMILES string of the molecule is Cc1cc(C)n([C@H]2O[C@@H](CO)[C@@H](O)[C@@H](O)[C@@H]2O)c(=S)c1C#N. The molecule has 0 bridgehead atoms. The lowest BCUT2D eigenvalue weighted by Gasteiger charge is -2.41. The van der Waals surface area contributed by atoms with Crippen molar-refractivity contribution in [2.24, 2.45) is 0 Å². The molecule has 120 valence electrons. The molecular formula is C14H18N2O5S. The number of nitriles is 1. The fraction of sp³-hybridized carbons (Fsp3) is 0.571. The van der Waals surface area contributed by atoms with E-state index in [4.69, 9.17) is 17.0 Å². The van der Waals surface area contributed by atoms with Crippen molar-refractivity contribution in [1.82, 2.24) is 4.57 Å². The number of ether oxygens (including phenoxy) is 1. The minimum absolute atomic E-state index is 0.171. The number of aliphatic hydroxyl groups excluding tert-OH is 4. The van der Waals surface area contributed by atoms with Gasteiger partial charge < -0.3 is 29.7 Å². The van der Waals surface area contributed by atoms with Gasteiger partial charge in [0.1, 0.15) is 35.1 Å². The van der Waals surface area contributed by atoms with E-state index in [1.165, 1.54) is 4.57 Å². The van der Waals surface area contributed by atoms with Gasteiger partial charge >= 0.3 is 0 Å². The zero-order valence-corrected chi connectivity index (χ0v) is 13.0. The summed E-state index contributed by atoms with van der Waals surface area (Å²) < 4.78 is 7.09. The summed E-state index contributed by atoms with van der Waals surface area (Å²) in [6.45, 7) is 2.95. The van der Waals surface area contributed by atoms with Gasteiger partial charge in [-0.15, -0.1) is 0 Å². The Balaban J connectivity index is 2.56. The van der Waals surface area contributed by atoms with Crippen molar-refractivity contribution < 1.29 is 25.2 Å². The Labute approximate surface area is 132 Å². The summed E-state index contributed by atoms with van der Waals surface area (Å²) in [5, 5.41) is 48.4. The highest BCUT2D eigenvalue weighted by Gasteiger charge is 2.44. The molecule has 7 nitrogen and oxygen atoms in total. The van der Waals surface area contributed by atoms with Crippen LogP contribution < -0.4 is 0 Å². The third-order valence-electron chi connectivity index (χ3n) is 3.87. The van der Waals surface area contributed by atoms with Crippen molar-refractivity contribution in [2.45, 2.75) is 44.5 Å². The largest absolute Gasteiger partial charge is 0.394 e. The Morgan fingerprint density at radius 1 is 1.27 bits per heavy atom. The molecule has 1 aromatic heterocycles. The number of aryl methyl sites for hydroxylation is 2. The van der Waals surface area contributed by atoms with Gasteiger partial charge in [0.05, 0.1) is 12.2 Å². The van der Waals surface area contributed by atoms with E-state index in [2.05, 4.69) is 0 Å². The molecule has 1 aliphatic rings. The molecule has 0 spiro atoms. The Bertz CT molecular complexity index is 666. The molecule has 2 heterocycles. The lowest BCUT2D eigenvalue weighted by molar-refractivity contribution is -0.252. The minimum atomic E-state index is -1.50. The number of hydrogen-bond acceptors (Lipinski definition) is 7. The first-order valence-corrected chi connectivity index (χ1v) is 7.17. The number of rotatable bonds is 2. The van der Waals surface area contributed by atoms with E-state index in [9.17, 15) is 25.7 Å². The maximum absolute atomic E-state index is 10.2. The molecule has 1 fully saturated rings. The molecule has 22 heavy (non-hydrogen) atoms. The number of aromatic nitrogens is 1. The van der Waals surface area contributed by atoms with Gasteiger partial charge in [0.15, 0.2) is 6.23 Å². The van der Waals surface area contributed by atoms with E-state index in [1.807, 2.05) is 6.07 Å². The lowest BCUT2D eigenvalue weighted by Crippen LogP contribution is -2.56. The van der Waals surface area contributed by atoms with Gasteiger partial charge in [-0.2, -0.15) is 5.26 Å². The molecule has 0 unspecified atom stereocenters. The van der Waals surface area contributed by atoms with Crippen LogP contribution in [0.4, 0.5) is 0 Å². The van der Waals surface area contributed by atoms with Crippen LogP contribution in [0.2, 0.25) is 0 Å². The average Bonchev–Trinajstić information content (AvgIpc) is 2.47. The monoisotopic (exact) mass is 326 g/mol. The molecule has 0 aromatic carbocycles. The average molecular weight is 326 g/mol. The van der Waals surface area contributed by atoms with Crippen molar-refractivity contribution >= 4 is 12.2 Å². The highest BCUT2D eigenvalue weighted by molar-refractivity contribution is 7.71. The molecule has 1 saturated heterocycles. The third kappa shape index (κ3) is 2.67. The second-order valence-electron chi connectivity index (χ2n) is 5.35. The van der Waals surface area contributed by atoms with Crippen molar-refractivity contribution in [3.05, 3.63) is 27.5 Å². The van der Waals surface area contributed by atoms with Crippen LogP contribution in [0.3, 0.4) is 0 Å². The second-order valence-corrected chi connectivity index (χ2v) is 5.74. The maximum atomic E-state index is 10.2. The predicted molar refractivity (Wildman–Crippen MR) is 78.5 cm³/mol. The van der Waals surface area contributed by atoms with Crippen molar-refractivity contribution in [1.29, 1.82) is 5.26 Å². The molecule has 5 atom stereocenters. The Hall–Kier alpha value is -1.34. The van der Waals surface area contributed by atoms with Gasteiger partial charge in [-0.1, -0.05) is 12.2 Å². The Morgan fingerprint density at radius 3 is 2.45 bits per heavy atom. The topological polar surface area (TPSA) is 119 Å². The fourth-order valence-electron chi connectivity index (χ4n) is 2.65. The number of hydrogen-bond donors (Lipinski definition) is 4. The summed E-state index contributed by atoms with van der Waals surface area (Å²) in [6, 6.07) is 3.72. The van der Waals surface area contributed by atoms with Gasteiger partial charge in [-0.3, -0.25) is 0 Å². The normalized spacial score (nSPS) is 31.8. The van der Waals surface area contributed by atoms with E-state index in [0.29, 0.717) is 11.3 Å². The quantitative estimate of drug-likeness (QED) is 0.550. The van der Waals surface area contributed by atoms with E-state index >= 15 is 0 Å². The molecule has 0 saturated carbocycles. The molecule has 0 amide bonds. The standard InChI is InChI=1S/C14H18N2O5S/c1-6-3-7(2)16(14(22)8(6)4-15)13-12(20)11(19)10(18)9(5-17)21-13/h3,9-13,17-20H,5H2,1-2H3/t9-,10+,11+,12-,13-/m0/s1. The highest BCUT2D eigenvalue weighted by Crippen LogP contribution is 2.30. The van der Waals surface area contributed by atoms with Crippen LogP contribution >= 0.6 is 12.2 Å². The van der Waals surface area contributed by atoms with Crippen LogP contribution in [0.25, 0.3) is 0 Å². The van der Waals surface area contributed by atoms with Gasteiger partial charge in [0.2, 0.25) is 0 Å². The first-order chi connectivity index (χ1) is 10.3. The number of pyridine rings is 1. The smallest absolute Gasteiger partial charge is 0.164 e. The van der Waals surface area contributed by atoms with Crippen molar-refractivity contribution in [2.75, 3.05) is 6.61 Å². The number of aliphatic hydroxyl groups is 4. The zero-order chi connectivity index (χ0) is 16.6. The summed E-state index contributed by atoms with van der Waals surface area (Å²) in [5.74, 6) is 0. The molecular weight excluding hydrogens is 308 g/mol. The molecule has 1 aliphatic heterocycles. The van der Waals surface area contributed by atoms with E-state index in [-0.39, 0.29) is 10.2 Å². The van der Waals surface area contributed by atoms with Crippen LogP contribution in [-0.2, 0) is 4.74 Å². The third-order valence-corrected chi connectivity index (χ3v) is 4.27. The van der Waals surface area contributed by atoms with Gasteiger partial charge in [-0.25, -0.2) is 0 Å². The Morgan fingerprint density at radius 2 is 1.91 bits per heavy atom. The molecule has 0 radical (unpaired) electrons. The maximum Gasteiger partial charge on any atom is 0.164 e. The molecule has 4 N–H and O–H groups in total. The zero-order valence-electron chi connectivity index (χ0n) is 12.2. The van der Waals surface area contributed by atoms with E-state index in [1.54, 1.807) is 19.9 Å². The first kappa shape index (κ1) is 17.0. The van der Waals surface area contributed by atoms with Gasteiger partial charge in [-0.05, 0) is 25.5 Å². The van der Waals surface area contributed by atoms with Crippen molar-refractivity contribution in [3.8, 4) is 6.07 Å². The highest BCUT2D eigenvalue weighted by atomic mass is 32.1. The molecule has 0 aliphatic carbocycles. The Kier molecular flexibility index (Phi) is 4.97. The van der Waals surface area contributed by atoms with Crippen LogP contribution in [-0.4, -0.2) is 56.0 Å². The van der Waals surface area contributed by atoms with Gasteiger partial charge in [0, 0.05) is 5.69 Å². The van der Waals surface area contributed by atoms with Crippen molar-refractivity contribution in [3.63, 3.8) is 0 Å².